The summed E-state index contributed by atoms with van der Waals surface area (Å²) < 4.78 is 10.7. The molecule has 0 aromatic heterocycles. The molecule has 0 saturated carbocycles. The van der Waals surface area contributed by atoms with Crippen molar-refractivity contribution in [1.82, 2.24) is 0 Å². The Bertz CT molecular complexity index is 763. The SMILES string of the molecule is CC(C)(C)OC(=O)C(C#N)C1=N[C@@H]([C@@H]2CCC([C@@H](C#N)C(=O)OC(C)(C)C)=N2)CC1. The monoisotopic (exact) mass is 414 g/mol. The van der Waals surface area contributed by atoms with Crippen LogP contribution in [0.5, 0.6) is 0 Å². The summed E-state index contributed by atoms with van der Waals surface area (Å²) in [4.78, 5) is 33.9. The molecule has 2 rings (SSSR count). The molecule has 2 aliphatic rings. The fraction of sp³-hybridized carbons (Fsp3) is 0.727. The second kappa shape index (κ2) is 8.95. The van der Waals surface area contributed by atoms with Crippen LogP contribution >= 0.6 is 0 Å². The molecule has 0 N–H and O–H groups in total. The van der Waals surface area contributed by atoms with E-state index in [4.69, 9.17) is 9.47 Å². The van der Waals surface area contributed by atoms with Gasteiger partial charge in [-0.3, -0.25) is 19.6 Å². The zero-order valence-corrected chi connectivity index (χ0v) is 18.6. The highest BCUT2D eigenvalue weighted by molar-refractivity contribution is 6.06. The Morgan fingerprint density at radius 2 is 1.17 bits per heavy atom. The molecule has 0 radical (unpaired) electrons. The molecule has 0 saturated heterocycles. The van der Waals surface area contributed by atoms with Crippen LogP contribution < -0.4 is 0 Å². The van der Waals surface area contributed by atoms with Gasteiger partial charge in [-0.1, -0.05) is 0 Å². The Morgan fingerprint density at radius 3 is 1.43 bits per heavy atom. The second-order valence-electron chi connectivity index (χ2n) is 9.64. The topological polar surface area (TPSA) is 125 Å². The summed E-state index contributed by atoms with van der Waals surface area (Å²) in [5.41, 5.74) is -0.319. The number of ether oxygens (including phenoxy) is 2. The van der Waals surface area contributed by atoms with Gasteiger partial charge in [0.05, 0.1) is 24.2 Å². The number of carbonyl (C=O) groups excluding carboxylic acids is 2. The summed E-state index contributed by atoms with van der Waals surface area (Å²) >= 11 is 0. The molecule has 2 aliphatic heterocycles. The van der Waals surface area contributed by atoms with E-state index in [0.29, 0.717) is 37.1 Å². The highest BCUT2D eigenvalue weighted by atomic mass is 16.6. The lowest BCUT2D eigenvalue weighted by Crippen LogP contribution is -2.31. The smallest absolute Gasteiger partial charge is 0.329 e. The van der Waals surface area contributed by atoms with E-state index in [0.717, 1.165) is 0 Å². The number of hydrogen-bond donors (Lipinski definition) is 0. The maximum Gasteiger partial charge on any atom is 0.329 e. The minimum absolute atomic E-state index is 0.172. The Hall–Kier alpha value is -2.74. The van der Waals surface area contributed by atoms with Crippen molar-refractivity contribution in [2.24, 2.45) is 21.8 Å². The van der Waals surface area contributed by atoms with Crippen LogP contribution in [0.25, 0.3) is 0 Å². The summed E-state index contributed by atoms with van der Waals surface area (Å²) in [6.07, 6.45) is 2.39. The van der Waals surface area contributed by atoms with Crippen molar-refractivity contribution >= 4 is 23.4 Å². The molecule has 162 valence electrons. The molecular formula is C22H30N4O4. The van der Waals surface area contributed by atoms with E-state index >= 15 is 0 Å². The Kier molecular flexibility index (Phi) is 7.02. The molecule has 8 heteroatoms. The van der Waals surface area contributed by atoms with E-state index in [2.05, 4.69) is 9.98 Å². The van der Waals surface area contributed by atoms with E-state index in [1.807, 2.05) is 12.1 Å². The maximum atomic E-state index is 12.3. The van der Waals surface area contributed by atoms with Crippen molar-refractivity contribution < 1.29 is 19.1 Å². The van der Waals surface area contributed by atoms with Gasteiger partial charge in [0.1, 0.15) is 11.2 Å². The number of aliphatic imine (C=N–C) groups is 2. The first-order chi connectivity index (χ1) is 13.8. The molecule has 0 spiro atoms. The molecule has 0 fully saturated rings. The molecule has 1 unspecified atom stereocenters. The van der Waals surface area contributed by atoms with Crippen LogP contribution in [0, 0.1) is 34.5 Å². The average molecular weight is 415 g/mol. The molecular weight excluding hydrogens is 384 g/mol. The van der Waals surface area contributed by atoms with Crippen molar-refractivity contribution in [2.75, 3.05) is 0 Å². The van der Waals surface area contributed by atoms with Gasteiger partial charge in [0.25, 0.3) is 0 Å². The average Bonchev–Trinajstić information content (AvgIpc) is 3.22. The van der Waals surface area contributed by atoms with Gasteiger partial charge < -0.3 is 9.47 Å². The largest absolute Gasteiger partial charge is 0.459 e. The Morgan fingerprint density at radius 1 is 0.833 bits per heavy atom. The summed E-state index contributed by atoms with van der Waals surface area (Å²) in [5, 5.41) is 18.9. The van der Waals surface area contributed by atoms with Crippen molar-refractivity contribution in [3.8, 4) is 12.1 Å². The zero-order valence-electron chi connectivity index (χ0n) is 18.6. The third-order valence-corrected chi connectivity index (χ3v) is 4.71. The molecule has 8 nitrogen and oxygen atoms in total. The van der Waals surface area contributed by atoms with Gasteiger partial charge in [0, 0.05) is 11.4 Å². The predicted molar refractivity (Wildman–Crippen MR) is 111 cm³/mol. The summed E-state index contributed by atoms with van der Waals surface area (Å²) in [6, 6.07) is 3.66. The molecule has 0 aromatic rings. The zero-order chi connectivity index (χ0) is 22.7. The number of hydrogen-bond acceptors (Lipinski definition) is 8. The summed E-state index contributed by atoms with van der Waals surface area (Å²) in [7, 11) is 0. The van der Waals surface area contributed by atoms with E-state index in [1.54, 1.807) is 41.5 Å². The van der Waals surface area contributed by atoms with Crippen molar-refractivity contribution in [1.29, 1.82) is 10.5 Å². The lowest BCUT2D eigenvalue weighted by Gasteiger charge is -2.21. The fourth-order valence-corrected chi connectivity index (χ4v) is 3.52. The van der Waals surface area contributed by atoms with Crippen molar-refractivity contribution in [3.05, 3.63) is 0 Å². The van der Waals surface area contributed by atoms with E-state index in [9.17, 15) is 20.1 Å². The third kappa shape index (κ3) is 6.13. The van der Waals surface area contributed by atoms with Crippen LogP contribution in [0.2, 0.25) is 0 Å². The normalized spacial score (nSPS) is 23.5. The molecule has 0 aliphatic carbocycles. The second-order valence-corrected chi connectivity index (χ2v) is 9.64. The van der Waals surface area contributed by atoms with Crippen molar-refractivity contribution in [2.45, 2.75) is 90.5 Å². The Balaban J connectivity index is 2.11. The van der Waals surface area contributed by atoms with Crippen LogP contribution in [-0.4, -0.2) is 46.6 Å². The van der Waals surface area contributed by atoms with Crippen LogP contribution in [0.1, 0.15) is 67.2 Å². The fourth-order valence-electron chi connectivity index (χ4n) is 3.52. The van der Waals surface area contributed by atoms with Crippen LogP contribution in [0.3, 0.4) is 0 Å². The predicted octanol–water partition coefficient (Wildman–Crippen LogP) is 3.16. The minimum Gasteiger partial charge on any atom is -0.459 e. The summed E-state index contributed by atoms with van der Waals surface area (Å²) in [6.45, 7) is 10.5. The standard InChI is InChI=1S/C22H30N4O4/c1-21(2,3)29-19(27)13(11-23)15-7-9-17(25-15)18-10-8-16(26-18)14(12-24)20(28)30-22(4,5)6/h13-14,17-18H,7-10H2,1-6H3/t13-,14?,17+,18-/m1/s1. The number of carbonyl (C=O) groups is 2. The van der Waals surface area contributed by atoms with Crippen LogP contribution in [-0.2, 0) is 19.1 Å². The Labute approximate surface area is 178 Å². The van der Waals surface area contributed by atoms with Gasteiger partial charge in [-0.2, -0.15) is 10.5 Å². The maximum absolute atomic E-state index is 12.3. The highest BCUT2D eigenvalue weighted by Crippen LogP contribution is 2.30. The molecule has 30 heavy (non-hydrogen) atoms. The quantitative estimate of drug-likeness (QED) is 0.636. The van der Waals surface area contributed by atoms with Gasteiger partial charge >= 0.3 is 11.9 Å². The van der Waals surface area contributed by atoms with Crippen LogP contribution in [0.15, 0.2) is 9.98 Å². The summed E-state index contributed by atoms with van der Waals surface area (Å²) in [5.74, 6) is -3.22. The highest BCUT2D eigenvalue weighted by Gasteiger charge is 2.38. The minimum atomic E-state index is -1.02. The van der Waals surface area contributed by atoms with E-state index in [-0.39, 0.29) is 12.1 Å². The van der Waals surface area contributed by atoms with Crippen molar-refractivity contribution in [3.63, 3.8) is 0 Å². The van der Waals surface area contributed by atoms with E-state index < -0.39 is 35.0 Å². The number of esters is 2. The molecule has 0 aromatic carbocycles. The number of rotatable bonds is 5. The first-order valence-corrected chi connectivity index (χ1v) is 10.2. The molecule has 4 atom stereocenters. The van der Waals surface area contributed by atoms with E-state index in [1.165, 1.54) is 0 Å². The van der Waals surface area contributed by atoms with Gasteiger partial charge in [-0.15, -0.1) is 0 Å². The van der Waals surface area contributed by atoms with Crippen LogP contribution in [0.4, 0.5) is 0 Å². The lowest BCUT2D eigenvalue weighted by atomic mass is 9.99. The number of nitriles is 2. The number of nitrogens with zero attached hydrogens (tertiary/aromatic N) is 4. The van der Waals surface area contributed by atoms with Gasteiger partial charge in [-0.05, 0) is 67.2 Å². The van der Waals surface area contributed by atoms with Gasteiger partial charge in [0.2, 0.25) is 0 Å². The van der Waals surface area contributed by atoms with Gasteiger partial charge in [0.15, 0.2) is 11.8 Å². The molecule has 0 amide bonds. The molecule has 0 bridgehead atoms. The first kappa shape index (κ1) is 23.5. The first-order valence-electron chi connectivity index (χ1n) is 10.2. The van der Waals surface area contributed by atoms with Gasteiger partial charge in [-0.25, -0.2) is 0 Å². The third-order valence-electron chi connectivity index (χ3n) is 4.71. The lowest BCUT2D eigenvalue weighted by molar-refractivity contribution is -0.156. The molecule has 2 heterocycles.